The normalized spacial score (nSPS) is 11.1. The Hall–Kier alpha value is -4.58. The number of benzene rings is 4. The van der Waals surface area contributed by atoms with Gasteiger partial charge in [0.15, 0.2) is 6.61 Å². The van der Waals surface area contributed by atoms with E-state index in [4.69, 9.17) is 19.7 Å². The lowest BCUT2D eigenvalue weighted by atomic mass is 9.88. The van der Waals surface area contributed by atoms with Crippen LogP contribution in [0, 0.1) is 11.8 Å². The summed E-state index contributed by atoms with van der Waals surface area (Å²) < 4.78 is 11.4. The van der Waals surface area contributed by atoms with Gasteiger partial charge >= 0.3 is 11.9 Å². The van der Waals surface area contributed by atoms with E-state index in [1.807, 2.05) is 30.3 Å². The molecule has 0 aromatic heterocycles. The molecular weight excluding hydrogens is 552 g/mol. The average Bonchev–Trinajstić information content (AvgIpc) is 2.97. The van der Waals surface area contributed by atoms with Crippen molar-refractivity contribution in [3.63, 3.8) is 0 Å². The van der Waals surface area contributed by atoms with Crippen LogP contribution in [0.15, 0.2) is 84.9 Å². The molecule has 0 bridgehead atoms. The highest BCUT2D eigenvalue weighted by atomic mass is 16.5. The maximum atomic E-state index is 11.1. The van der Waals surface area contributed by atoms with Crippen LogP contribution in [0.5, 0.6) is 11.5 Å². The number of rotatable bonds is 15. The monoisotopic (exact) mass is 594 g/mol. The van der Waals surface area contributed by atoms with Gasteiger partial charge in [-0.2, -0.15) is 0 Å². The minimum Gasteiger partial charge on any atom is -0.493 e. The first-order valence-corrected chi connectivity index (χ1v) is 15.2. The Morgan fingerprint density at radius 2 is 1.27 bits per heavy atom. The third-order valence-corrected chi connectivity index (χ3v) is 7.29. The Morgan fingerprint density at radius 1 is 0.659 bits per heavy atom. The van der Waals surface area contributed by atoms with Crippen LogP contribution in [0.1, 0.15) is 56.4 Å². The largest absolute Gasteiger partial charge is 0.493 e. The molecule has 0 radical (unpaired) electrons. The first-order chi connectivity index (χ1) is 21.1. The molecule has 0 saturated carbocycles. The van der Waals surface area contributed by atoms with Crippen LogP contribution in [0.3, 0.4) is 0 Å². The molecule has 6 nitrogen and oxygen atoms in total. The molecule has 44 heavy (non-hydrogen) atoms. The highest BCUT2D eigenvalue weighted by Gasteiger charge is 2.16. The van der Waals surface area contributed by atoms with Crippen molar-refractivity contribution in [3.8, 4) is 33.8 Å². The van der Waals surface area contributed by atoms with Gasteiger partial charge in [-0.15, -0.1) is 0 Å². The third-order valence-electron chi connectivity index (χ3n) is 7.29. The van der Waals surface area contributed by atoms with E-state index < -0.39 is 11.9 Å². The fourth-order valence-electron chi connectivity index (χ4n) is 5.44. The van der Waals surface area contributed by atoms with E-state index in [0.717, 1.165) is 58.4 Å². The second-order valence-electron chi connectivity index (χ2n) is 12.0. The van der Waals surface area contributed by atoms with Crippen molar-refractivity contribution in [2.45, 2.75) is 53.4 Å². The second kappa shape index (κ2) is 15.2. The lowest BCUT2D eigenvalue weighted by Gasteiger charge is -2.19. The van der Waals surface area contributed by atoms with Crippen LogP contribution >= 0.6 is 0 Å². The van der Waals surface area contributed by atoms with Crippen molar-refractivity contribution in [1.29, 1.82) is 0 Å². The quantitative estimate of drug-likeness (QED) is 0.144. The van der Waals surface area contributed by atoms with Crippen LogP contribution < -0.4 is 9.47 Å². The zero-order valence-corrected chi connectivity index (χ0v) is 26.0. The Labute approximate surface area is 260 Å². The summed E-state index contributed by atoms with van der Waals surface area (Å²) in [7, 11) is 0. The van der Waals surface area contributed by atoms with Crippen molar-refractivity contribution in [2.75, 3.05) is 13.2 Å². The Kier molecular flexibility index (Phi) is 11.2. The summed E-state index contributed by atoms with van der Waals surface area (Å²) in [5, 5.41) is 18.1. The molecule has 4 rings (SSSR count). The van der Waals surface area contributed by atoms with Crippen molar-refractivity contribution in [2.24, 2.45) is 11.8 Å². The van der Waals surface area contributed by atoms with Gasteiger partial charge in [0.2, 0.25) is 0 Å². The van der Waals surface area contributed by atoms with E-state index in [0.29, 0.717) is 17.6 Å². The van der Waals surface area contributed by atoms with Gasteiger partial charge in [-0.05, 0) is 99.9 Å². The molecule has 4 aromatic rings. The average molecular weight is 595 g/mol. The smallest absolute Gasteiger partial charge is 0.341 e. The molecule has 0 heterocycles. The van der Waals surface area contributed by atoms with Crippen molar-refractivity contribution in [3.05, 3.63) is 107 Å². The summed E-state index contributed by atoms with van der Waals surface area (Å²) in [5.41, 5.74) is 8.99. The minimum atomic E-state index is -1.00. The lowest BCUT2D eigenvalue weighted by molar-refractivity contribution is -0.139. The predicted molar refractivity (Wildman–Crippen MR) is 175 cm³/mol. The van der Waals surface area contributed by atoms with Gasteiger partial charge < -0.3 is 19.7 Å². The Bertz CT molecular complexity index is 1570. The van der Waals surface area contributed by atoms with Gasteiger partial charge in [0, 0.05) is 0 Å². The highest BCUT2D eigenvalue weighted by molar-refractivity contribution is 5.77. The standard InChI is InChI=1S/C38H42O6/c1-25(2)18-30-23-33(44-24-38(41)42)12-14-35(30)28-10-13-34(31(21-28)20-27-8-6-5-7-9-27)29-11-15-36(43-17-16-37(39)40)32(22-29)19-26(3)4/h5-15,21-23,25-26H,16-20,24H2,1-4H3,(H,39,40)(H,41,42). The summed E-state index contributed by atoms with van der Waals surface area (Å²) in [6, 6.07) is 29.0. The topological polar surface area (TPSA) is 93.1 Å². The first kappa shape index (κ1) is 32.3. The molecule has 0 aliphatic heterocycles. The number of carboxylic acids is 2. The number of hydrogen-bond donors (Lipinski definition) is 2. The molecule has 0 unspecified atom stereocenters. The van der Waals surface area contributed by atoms with E-state index in [1.54, 1.807) is 0 Å². The third kappa shape index (κ3) is 9.21. The molecule has 6 heteroatoms. The Morgan fingerprint density at radius 3 is 1.93 bits per heavy atom. The molecular formula is C38H42O6. The number of ether oxygens (including phenoxy) is 2. The van der Waals surface area contributed by atoms with Crippen LogP contribution in [-0.4, -0.2) is 35.4 Å². The summed E-state index contributed by atoms with van der Waals surface area (Å²) in [6.45, 7) is 8.42. The van der Waals surface area contributed by atoms with Gasteiger partial charge in [-0.3, -0.25) is 4.79 Å². The van der Waals surface area contributed by atoms with Gasteiger partial charge in [-0.25, -0.2) is 4.79 Å². The van der Waals surface area contributed by atoms with E-state index >= 15 is 0 Å². The molecule has 0 aliphatic carbocycles. The van der Waals surface area contributed by atoms with E-state index in [2.05, 4.69) is 82.3 Å². The molecule has 0 saturated heterocycles. The summed E-state index contributed by atoms with van der Waals surface area (Å²) in [4.78, 5) is 22.1. The van der Waals surface area contributed by atoms with Crippen molar-refractivity contribution in [1.82, 2.24) is 0 Å². The maximum absolute atomic E-state index is 11.1. The van der Waals surface area contributed by atoms with Crippen LogP contribution in [-0.2, 0) is 28.9 Å². The van der Waals surface area contributed by atoms with Gasteiger partial charge in [0.05, 0.1) is 13.0 Å². The fraction of sp³-hybridized carbons (Fsp3) is 0.316. The van der Waals surface area contributed by atoms with Gasteiger partial charge in [0.25, 0.3) is 0 Å². The molecule has 4 aromatic carbocycles. The van der Waals surface area contributed by atoms with E-state index in [1.165, 1.54) is 11.1 Å². The number of aliphatic carboxylic acids is 2. The highest BCUT2D eigenvalue weighted by Crippen LogP contribution is 2.36. The summed E-state index contributed by atoms with van der Waals surface area (Å²) >= 11 is 0. The van der Waals surface area contributed by atoms with Crippen LogP contribution in [0.25, 0.3) is 22.3 Å². The second-order valence-corrected chi connectivity index (χ2v) is 12.0. The fourth-order valence-corrected chi connectivity index (χ4v) is 5.44. The first-order valence-electron chi connectivity index (χ1n) is 15.2. The molecule has 0 fully saturated rings. The minimum absolute atomic E-state index is 0.0446. The SMILES string of the molecule is CC(C)Cc1cc(-c2ccc(-c3ccc(OCC(=O)O)cc3CC(C)C)cc2Cc2ccccc2)ccc1OCCC(=O)O. The molecule has 0 amide bonds. The van der Waals surface area contributed by atoms with Gasteiger partial charge in [0.1, 0.15) is 11.5 Å². The van der Waals surface area contributed by atoms with Crippen LogP contribution in [0.4, 0.5) is 0 Å². The van der Waals surface area contributed by atoms with Crippen LogP contribution in [0.2, 0.25) is 0 Å². The lowest BCUT2D eigenvalue weighted by Crippen LogP contribution is -2.09. The zero-order chi connectivity index (χ0) is 31.6. The molecule has 0 atom stereocenters. The maximum Gasteiger partial charge on any atom is 0.341 e. The molecule has 0 spiro atoms. The predicted octanol–water partition coefficient (Wildman–Crippen LogP) is 8.33. The summed E-state index contributed by atoms with van der Waals surface area (Å²) in [6.07, 6.45) is 2.35. The number of carboxylic acid groups (broad SMARTS) is 2. The number of carbonyl (C=O) groups is 2. The van der Waals surface area contributed by atoms with Crippen molar-refractivity contribution < 1.29 is 29.3 Å². The summed E-state index contributed by atoms with van der Waals surface area (Å²) in [5.74, 6) is 0.209. The van der Waals surface area contributed by atoms with E-state index in [9.17, 15) is 9.59 Å². The number of hydrogen-bond acceptors (Lipinski definition) is 4. The molecule has 2 N–H and O–H groups in total. The van der Waals surface area contributed by atoms with Crippen molar-refractivity contribution >= 4 is 11.9 Å². The molecule has 230 valence electrons. The zero-order valence-electron chi connectivity index (χ0n) is 26.0. The van der Waals surface area contributed by atoms with Gasteiger partial charge in [-0.1, -0.05) is 88.4 Å². The molecule has 0 aliphatic rings. The Balaban J connectivity index is 1.79. The van der Waals surface area contributed by atoms with E-state index in [-0.39, 0.29) is 19.6 Å².